The summed E-state index contributed by atoms with van der Waals surface area (Å²) in [5, 5.41) is 2.69. The van der Waals surface area contributed by atoms with E-state index in [2.05, 4.69) is 5.32 Å². The van der Waals surface area contributed by atoms with Crippen LogP contribution in [0.2, 0.25) is 0 Å². The minimum atomic E-state index is -0.471. The zero-order valence-electron chi connectivity index (χ0n) is 14.2. The monoisotopic (exact) mass is 368 g/mol. The van der Waals surface area contributed by atoms with Gasteiger partial charge in [0.15, 0.2) is 5.78 Å². The van der Waals surface area contributed by atoms with Gasteiger partial charge in [-0.25, -0.2) is 0 Å². The molecule has 1 aliphatic rings. The lowest BCUT2D eigenvalue weighted by Crippen LogP contribution is -2.34. The molecule has 132 valence electrons. The number of nitrogens with zero attached hydrogens (tertiary/aromatic N) is 1. The Hall–Kier alpha value is -2.93. The Morgan fingerprint density at radius 1 is 1.04 bits per heavy atom. The molecule has 0 unspecified atom stereocenters. The molecule has 0 atom stereocenters. The van der Waals surface area contributed by atoms with E-state index in [4.69, 9.17) is 0 Å². The molecule has 0 saturated heterocycles. The van der Waals surface area contributed by atoms with Crippen LogP contribution in [0.25, 0.3) is 0 Å². The van der Waals surface area contributed by atoms with E-state index in [-0.39, 0.29) is 18.2 Å². The molecule has 0 saturated carbocycles. The van der Waals surface area contributed by atoms with Gasteiger partial charge in [0, 0.05) is 17.4 Å². The summed E-state index contributed by atoms with van der Waals surface area (Å²) in [6.45, 7) is 1.04. The van der Waals surface area contributed by atoms with Crippen LogP contribution in [0.3, 0.4) is 0 Å². The van der Waals surface area contributed by atoms with Crippen molar-refractivity contribution < 1.29 is 19.2 Å². The van der Waals surface area contributed by atoms with Gasteiger partial charge in [-0.2, -0.15) is 0 Å². The van der Waals surface area contributed by atoms with Crippen molar-refractivity contribution in [3.63, 3.8) is 0 Å². The molecule has 2 aromatic rings. The van der Waals surface area contributed by atoms with Crippen LogP contribution in [0.15, 0.2) is 47.4 Å². The van der Waals surface area contributed by atoms with E-state index in [0.29, 0.717) is 22.4 Å². The Bertz CT molecular complexity index is 904. The van der Waals surface area contributed by atoms with Crippen molar-refractivity contribution in [2.45, 2.75) is 11.8 Å². The lowest BCUT2D eigenvalue weighted by atomic mass is 10.1. The number of rotatable bonds is 5. The van der Waals surface area contributed by atoms with Crippen LogP contribution >= 0.6 is 11.8 Å². The largest absolute Gasteiger partial charge is 0.325 e. The lowest BCUT2D eigenvalue weighted by Gasteiger charge is -2.14. The van der Waals surface area contributed by atoms with E-state index in [9.17, 15) is 19.2 Å². The Labute approximate surface area is 154 Å². The fourth-order valence-corrected chi connectivity index (χ4v) is 3.32. The summed E-state index contributed by atoms with van der Waals surface area (Å²) in [5.41, 5.74) is 1.46. The number of benzene rings is 2. The maximum absolute atomic E-state index is 12.6. The van der Waals surface area contributed by atoms with E-state index in [1.165, 1.54) is 18.7 Å². The van der Waals surface area contributed by atoms with E-state index in [0.717, 1.165) is 9.80 Å². The van der Waals surface area contributed by atoms with Gasteiger partial charge in [-0.1, -0.05) is 18.2 Å². The quantitative estimate of drug-likeness (QED) is 0.498. The third kappa shape index (κ3) is 3.25. The van der Waals surface area contributed by atoms with Crippen LogP contribution in [-0.2, 0) is 4.79 Å². The van der Waals surface area contributed by atoms with Gasteiger partial charge in [0.2, 0.25) is 5.91 Å². The van der Waals surface area contributed by atoms with Crippen molar-refractivity contribution >= 4 is 41.0 Å². The Kier molecular flexibility index (Phi) is 4.90. The molecule has 3 amide bonds. The third-order valence-corrected chi connectivity index (χ3v) is 4.81. The molecule has 0 bridgehead atoms. The number of hydrogen-bond acceptors (Lipinski definition) is 5. The molecule has 1 heterocycles. The smallest absolute Gasteiger partial charge is 0.261 e. The molecule has 3 rings (SSSR count). The van der Waals surface area contributed by atoms with E-state index in [1.807, 2.05) is 6.26 Å². The van der Waals surface area contributed by atoms with Crippen molar-refractivity contribution in [3.8, 4) is 0 Å². The Balaban J connectivity index is 1.84. The van der Waals surface area contributed by atoms with E-state index in [1.54, 1.807) is 42.5 Å². The third-order valence-electron chi connectivity index (χ3n) is 4.01. The second-order valence-corrected chi connectivity index (χ2v) is 6.61. The van der Waals surface area contributed by atoms with E-state index < -0.39 is 11.8 Å². The summed E-state index contributed by atoms with van der Waals surface area (Å²) in [7, 11) is 0. The van der Waals surface area contributed by atoms with Crippen molar-refractivity contribution in [2.24, 2.45) is 0 Å². The Morgan fingerprint density at radius 2 is 1.65 bits per heavy atom. The maximum atomic E-state index is 12.6. The number of nitrogens with one attached hydrogen (secondary N) is 1. The summed E-state index contributed by atoms with van der Waals surface area (Å²) in [4.78, 5) is 50.5. The highest BCUT2D eigenvalue weighted by Gasteiger charge is 2.36. The molecular formula is C19H16N2O4S. The second-order valence-electron chi connectivity index (χ2n) is 5.76. The molecule has 0 spiro atoms. The van der Waals surface area contributed by atoms with Crippen molar-refractivity contribution in [3.05, 3.63) is 59.2 Å². The van der Waals surface area contributed by atoms with Crippen molar-refractivity contribution in [2.75, 3.05) is 18.1 Å². The molecule has 0 radical (unpaired) electrons. The number of Topliss-reactive ketones (excluding diaryl/α,β-unsaturated/α-hetero) is 1. The van der Waals surface area contributed by atoms with Crippen LogP contribution in [0.5, 0.6) is 0 Å². The zero-order valence-corrected chi connectivity index (χ0v) is 15.1. The first-order valence-corrected chi connectivity index (χ1v) is 9.09. The molecule has 1 N–H and O–H groups in total. The highest BCUT2D eigenvalue weighted by Crippen LogP contribution is 2.27. The molecule has 2 aromatic carbocycles. The highest BCUT2D eigenvalue weighted by molar-refractivity contribution is 7.98. The molecule has 0 aliphatic carbocycles. The number of hydrogen-bond donors (Lipinski definition) is 1. The fraction of sp³-hybridized carbons (Fsp3) is 0.158. The normalized spacial score (nSPS) is 12.9. The summed E-state index contributed by atoms with van der Waals surface area (Å²) < 4.78 is 0. The molecule has 0 fully saturated rings. The minimum Gasteiger partial charge on any atom is -0.325 e. The van der Waals surface area contributed by atoms with Crippen LogP contribution in [0.4, 0.5) is 5.69 Å². The Morgan fingerprint density at radius 3 is 2.19 bits per heavy atom. The van der Waals surface area contributed by atoms with Crippen LogP contribution in [0.1, 0.15) is 38.0 Å². The highest BCUT2D eigenvalue weighted by atomic mass is 32.2. The zero-order chi connectivity index (χ0) is 18.8. The second kappa shape index (κ2) is 7.13. The van der Waals surface area contributed by atoms with Gasteiger partial charge in [0.05, 0.1) is 23.4 Å². The van der Waals surface area contributed by atoms with Gasteiger partial charge < -0.3 is 5.32 Å². The summed E-state index contributed by atoms with van der Waals surface area (Å²) in [6, 6.07) is 11.4. The first kappa shape index (κ1) is 17.9. The van der Waals surface area contributed by atoms with Gasteiger partial charge in [-0.3, -0.25) is 24.1 Å². The first-order chi connectivity index (χ1) is 12.4. The molecule has 0 aromatic heterocycles. The number of amides is 3. The van der Waals surface area contributed by atoms with Crippen LogP contribution < -0.4 is 5.32 Å². The molecule has 26 heavy (non-hydrogen) atoms. The maximum Gasteiger partial charge on any atom is 0.261 e. The van der Waals surface area contributed by atoms with Crippen molar-refractivity contribution in [1.82, 2.24) is 4.90 Å². The minimum absolute atomic E-state index is 0.245. The molecule has 7 heteroatoms. The predicted octanol–water partition coefficient (Wildman–Crippen LogP) is 2.85. The SMILES string of the molecule is CSc1ccc(C(=O)CN2C(=O)c3ccccc3C2=O)cc1NC(C)=O. The number of carbonyl (C=O) groups is 4. The average molecular weight is 368 g/mol. The number of carbonyl (C=O) groups excluding carboxylic acids is 4. The van der Waals surface area contributed by atoms with Gasteiger partial charge in [-0.05, 0) is 30.5 Å². The number of anilines is 1. The number of fused-ring (bicyclic) bond motifs is 1. The summed E-state index contributed by atoms with van der Waals surface area (Å²) >= 11 is 1.44. The topological polar surface area (TPSA) is 83.6 Å². The van der Waals surface area contributed by atoms with Gasteiger partial charge in [0.1, 0.15) is 0 Å². The van der Waals surface area contributed by atoms with Crippen LogP contribution in [0, 0.1) is 0 Å². The van der Waals surface area contributed by atoms with Gasteiger partial charge >= 0.3 is 0 Å². The summed E-state index contributed by atoms with van der Waals surface area (Å²) in [6.07, 6.45) is 1.86. The molecule has 6 nitrogen and oxygen atoms in total. The molecule has 1 aliphatic heterocycles. The van der Waals surface area contributed by atoms with E-state index >= 15 is 0 Å². The number of thioether (sulfide) groups is 1. The average Bonchev–Trinajstić information content (AvgIpc) is 2.86. The fourth-order valence-electron chi connectivity index (χ4n) is 2.79. The predicted molar refractivity (Wildman–Crippen MR) is 98.7 cm³/mol. The number of imide groups is 1. The number of ketones is 1. The standard InChI is InChI=1S/C19H16N2O4S/c1-11(22)20-15-9-12(7-8-17(15)26-2)16(23)10-21-18(24)13-5-3-4-6-14(13)19(21)25/h3-9H,10H2,1-2H3,(H,20,22). The lowest BCUT2D eigenvalue weighted by molar-refractivity contribution is -0.114. The summed E-state index contributed by atoms with van der Waals surface area (Å²) in [5.74, 6) is -1.56. The van der Waals surface area contributed by atoms with Crippen molar-refractivity contribution in [1.29, 1.82) is 0 Å². The van der Waals surface area contributed by atoms with Gasteiger partial charge in [0.25, 0.3) is 11.8 Å². The van der Waals surface area contributed by atoms with Gasteiger partial charge in [-0.15, -0.1) is 11.8 Å². The van der Waals surface area contributed by atoms with Crippen LogP contribution in [-0.4, -0.2) is 41.2 Å². The first-order valence-electron chi connectivity index (χ1n) is 7.86. The molecular weight excluding hydrogens is 352 g/mol.